The minimum atomic E-state index is -0.0246. The first-order valence-corrected chi connectivity index (χ1v) is 7.26. The molecule has 2 aromatic heterocycles. The van der Waals surface area contributed by atoms with Crippen LogP contribution in [0.3, 0.4) is 0 Å². The summed E-state index contributed by atoms with van der Waals surface area (Å²) in [6, 6.07) is 14.5. The van der Waals surface area contributed by atoms with Gasteiger partial charge in [-0.2, -0.15) is 0 Å². The summed E-state index contributed by atoms with van der Waals surface area (Å²) in [5.74, 6) is 1.05. The molecule has 3 heteroatoms. The van der Waals surface area contributed by atoms with Crippen LogP contribution in [0.2, 0.25) is 0 Å². The van der Waals surface area contributed by atoms with Crippen molar-refractivity contribution in [2.75, 3.05) is 5.32 Å². The number of anilines is 1. The Morgan fingerprint density at radius 1 is 1.00 bits per heavy atom. The molecule has 0 aliphatic heterocycles. The first-order valence-electron chi connectivity index (χ1n) is 7.26. The monoisotopic (exact) mass is 279 g/mol. The maximum atomic E-state index is 4.81. The van der Waals surface area contributed by atoms with Crippen LogP contribution in [0.15, 0.2) is 48.7 Å². The van der Waals surface area contributed by atoms with E-state index in [4.69, 9.17) is 4.98 Å². The lowest BCUT2D eigenvalue weighted by atomic mass is 10.1. The number of hydrogen-bond donors (Lipinski definition) is 1. The lowest BCUT2D eigenvalue weighted by Gasteiger charge is -2.22. The highest BCUT2D eigenvalue weighted by Gasteiger charge is 2.18. The normalized spacial score (nSPS) is 11.8. The Labute approximate surface area is 125 Å². The Balaban J connectivity index is 2.25. The lowest BCUT2D eigenvalue weighted by Crippen LogP contribution is -2.27. The van der Waals surface area contributed by atoms with Gasteiger partial charge >= 0.3 is 0 Å². The first kappa shape index (κ1) is 13.7. The molecule has 0 fully saturated rings. The molecule has 0 atom stereocenters. The molecule has 1 N–H and O–H groups in total. The smallest absolute Gasteiger partial charge is 0.139 e. The van der Waals surface area contributed by atoms with Gasteiger partial charge in [-0.1, -0.05) is 36.4 Å². The fourth-order valence-electron chi connectivity index (χ4n) is 2.42. The molecule has 0 bridgehead atoms. The second-order valence-electron chi connectivity index (χ2n) is 6.48. The van der Waals surface area contributed by atoms with Crippen molar-refractivity contribution < 1.29 is 0 Å². The summed E-state index contributed by atoms with van der Waals surface area (Å²) in [4.78, 5) is 4.81. The van der Waals surface area contributed by atoms with E-state index in [1.54, 1.807) is 0 Å². The van der Waals surface area contributed by atoms with Gasteiger partial charge in [0.05, 0.1) is 0 Å². The van der Waals surface area contributed by atoms with E-state index in [0.29, 0.717) is 0 Å². The molecular formula is C18H21N3. The molecule has 2 heterocycles. The largest absolute Gasteiger partial charge is 0.365 e. The average Bonchev–Trinajstić information content (AvgIpc) is 2.76. The molecule has 108 valence electrons. The Hall–Kier alpha value is -2.29. The van der Waals surface area contributed by atoms with Crippen molar-refractivity contribution in [3.63, 3.8) is 0 Å². The van der Waals surface area contributed by atoms with Crippen molar-refractivity contribution in [2.45, 2.75) is 33.2 Å². The van der Waals surface area contributed by atoms with Gasteiger partial charge in [-0.05, 0) is 39.3 Å². The highest BCUT2D eigenvalue weighted by atomic mass is 15.2. The number of nitrogens with zero attached hydrogens (tertiary/aromatic N) is 2. The molecule has 0 aliphatic carbocycles. The molecule has 0 radical (unpaired) electrons. The number of rotatable bonds is 2. The molecule has 3 rings (SSSR count). The number of pyridine rings is 1. The fraction of sp³-hybridized carbons (Fsp3) is 0.278. The molecule has 0 amide bonds. The number of fused-ring (bicyclic) bond motifs is 1. The van der Waals surface area contributed by atoms with Crippen LogP contribution >= 0.6 is 0 Å². The van der Waals surface area contributed by atoms with Crippen LogP contribution in [-0.4, -0.2) is 14.9 Å². The number of benzene rings is 1. The molecule has 0 aliphatic rings. The van der Waals surface area contributed by atoms with E-state index >= 15 is 0 Å². The summed E-state index contributed by atoms with van der Waals surface area (Å²) < 4.78 is 2.14. The Morgan fingerprint density at radius 2 is 1.71 bits per heavy atom. The van der Waals surface area contributed by atoms with Crippen molar-refractivity contribution >= 4 is 11.5 Å². The summed E-state index contributed by atoms with van der Waals surface area (Å²) >= 11 is 0. The highest BCUT2D eigenvalue weighted by molar-refractivity contribution is 5.77. The van der Waals surface area contributed by atoms with Gasteiger partial charge in [0.15, 0.2) is 0 Å². The summed E-state index contributed by atoms with van der Waals surface area (Å²) in [6.45, 7) is 8.59. The average molecular weight is 279 g/mol. The molecule has 1 aromatic carbocycles. The van der Waals surface area contributed by atoms with Crippen LogP contribution < -0.4 is 5.32 Å². The summed E-state index contributed by atoms with van der Waals surface area (Å²) in [7, 11) is 0. The molecular weight excluding hydrogens is 258 g/mol. The van der Waals surface area contributed by atoms with Gasteiger partial charge in [0.1, 0.15) is 17.2 Å². The van der Waals surface area contributed by atoms with Crippen molar-refractivity contribution in [1.82, 2.24) is 9.38 Å². The van der Waals surface area contributed by atoms with Crippen LogP contribution in [0.4, 0.5) is 5.82 Å². The second-order valence-corrected chi connectivity index (χ2v) is 6.48. The van der Waals surface area contributed by atoms with E-state index in [1.807, 2.05) is 18.2 Å². The summed E-state index contributed by atoms with van der Waals surface area (Å²) in [5.41, 5.74) is 4.29. The van der Waals surface area contributed by atoms with E-state index in [-0.39, 0.29) is 5.54 Å². The molecule has 0 saturated carbocycles. The molecule has 3 aromatic rings. The molecule has 3 nitrogen and oxygen atoms in total. The third-order valence-electron chi connectivity index (χ3n) is 3.31. The molecule has 0 saturated heterocycles. The van der Waals surface area contributed by atoms with Gasteiger partial charge in [-0.25, -0.2) is 4.98 Å². The van der Waals surface area contributed by atoms with Crippen LogP contribution in [0, 0.1) is 6.92 Å². The van der Waals surface area contributed by atoms with Gasteiger partial charge in [0.2, 0.25) is 0 Å². The van der Waals surface area contributed by atoms with Crippen molar-refractivity contribution in [3.05, 3.63) is 54.2 Å². The predicted molar refractivity (Wildman–Crippen MR) is 88.7 cm³/mol. The third-order valence-corrected chi connectivity index (χ3v) is 3.31. The zero-order valence-corrected chi connectivity index (χ0v) is 13.0. The number of aryl methyl sites for hydroxylation is 1. The van der Waals surface area contributed by atoms with Gasteiger partial charge < -0.3 is 5.32 Å². The number of imidazole rings is 1. The van der Waals surface area contributed by atoms with Crippen LogP contribution in [-0.2, 0) is 0 Å². The van der Waals surface area contributed by atoms with Crippen molar-refractivity contribution in [2.24, 2.45) is 0 Å². The zero-order chi connectivity index (χ0) is 15.0. The molecule has 0 spiro atoms. The van der Waals surface area contributed by atoms with E-state index in [9.17, 15) is 0 Å². The number of nitrogens with one attached hydrogen (secondary N) is 1. The fourth-order valence-corrected chi connectivity index (χ4v) is 2.42. The van der Waals surface area contributed by atoms with Gasteiger partial charge in [-0.3, -0.25) is 4.40 Å². The number of aromatic nitrogens is 2. The minimum absolute atomic E-state index is 0.0246. The highest BCUT2D eigenvalue weighted by Crippen LogP contribution is 2.30. The molecule has 0 unspecified atom stereocenters. The van der Waals surface area contributed by atoms with Crippen molar-refractivity contribution in [3.8, 4) is 11.3 Å². The second kappa shape index (κ2) is 4.92. The summed E-state index contributed by atoms with van der Waals surface area (Å²) in [5, 5.41) is 3.60. The third kappa shape index (κ3) is 2.77. The SMILES string of the molecule is Cc1ccc2nc(-c3ccccc3)c(NC(C)(C)C)n2c1. The quantitative estimate of drug-likeness (QED) is 0.747. The van der Waals surface area contributed by atoms with Crippen molar-refractivity contribution in [1.29, 1.82) is 0 Å². The number of hydrogen-bond acceptors (Lipinski definition) is 2. The van der Waals surface area contributed by atoms with E-state index in [2.05, 4.69) is 67.9 Å². The van der Waals surface area contributed by atoms with Crippen LogP contribution in [0.25, 0.3) is 16.9 Å². The predicted octanol–water partition coefficient (Wildman–Crippen LogP) is 4.52. The van der Waals surface area contributed by atoms with Gasteiger partial charge in [0, 0.05) is 17.3 Å². The molecule has 21 heavy (non-hydrogen) atoms. The maximum absolute atomic E-state index is 4.81. The topological polar surface area (TPSA) is 29.3 Å². The van der Waals surface area contributed by atoms with E-state index in [0.717, 1.165) is 22.7 Å². The summed E-state index contributed by atoms with van der Waals surface area (Å²) in [6.07, 6.45) is 2.13. The first-order chi connectivity index (χ1) is 9.94. The van der Waals surface area contributed by atoms with Crippen LogP contribution in [0.5, 0.6) is 0 Å². The van der Waals surface area contributed by atoms with Gasteiger partial charge in [0.25, 0.3) is 0 Å². The maximum Gasteiger partial charge on any atom is 0.139 e. The minimum Gasteiger partial charge on any atom is -0.365 e. The Kier molecular flexibility index (Phi) is 3.20. The standard InChI is InChI=1S/C18H21N3/c1-13-10-11-15-19-16(14-8-6-5-7-9-14)17(21(15)12-13)20-18(2,3)4/h5-12,20H,1-4H3. The lowest BCUT2D eigenvalue weighted by molar-refractivity contribution is 0.629. The Morgan fingerprint density at radius 3 is 2.38 bits per heavy atom. The van der Waals surface area contributed by atoms with Gasteiger partial charge in [-0.15, -0.1) is 0 Å². The van der Waals surface area contributed by atoms with E-state index in [1.165, 1.54) is 5.56 Å². The zero-order valence-electron chi connectivity index (χ0n) is 13.0. The Bertz CT molecular complexity index is 764. The van der Waals surface area contributed by atoms with Crippen LogP contribution in [0.1, 0.15) is 26.3 Å². The van der Waals surface area contributed by atoms with E-state index < -0.39 is 0 Å².